The van der Waals surface area contributed by atoms with Crippen LogP contribution in [0.25, 0.3) is 0 Å². The molecule has 5 nitrogen and oxygen atoms in total. The van der Waals surface area contributed by atoms with Gasteiger partial charge in [0.2, 0.25) is 11.8 Å². The van der Waals surface area contributed by atoms with Crippen molar-refractivity contribution in [1.82, 2.24) is 10.2 Å². The van der Waals surface area contributed by atoms with E-state index in [1.54, 1.807) is 0 Å². The van der Waals surface area contributed by atoms with Gasteiger partial charge in [0, 0.05) is 12.8 Å². The average Bonchev–Trinajstić information content (AvgIpc) is 2.68. The first-order chi connectivity index (χ1) is 13.1. The van der Waals surface area contributed by atoms with Gasteiger partial charge in [-0.3, -0.25) is 19.5 Å². The fourth-order valence-electron chi connectivity index (χ4n) is 3.39. The van der Waals surface area contributed by atoms with E-state index in [4.69, 9.17) is 12.2 Å². The highest BCUT2D eigenvalue weighted by Crippen LogP contribution is 2.22. The van der Waals surface area contributed by atoms with Crippen molar-refractivity contribution in [3.05, 3.63) is 47.5 Å². The summed E-state index contributed by atoms with van der Waals surface area (Å²) in [7, 11) is 0. The molecule has 2 amide bonds. The third kappa shape index (κ3) is 4.89. The number of aliphatic imine (C=N–C) groups is 1. The normalized spacial score (nSPS) is 22.0. The second-order valence-corrected chi connectivity index (χ2v) is 7.39. The Morgan fingerprint density at radius 1 is 1.30 bits per heavy atom. The van der Waals surface area contributed by atoms with E-state index in [-0.39, 0.29) is 17.1 Å². The van der Waals surface area contributed by atoms with Crippen LogP contribution in [0.2, 0.25) is 0 Å². The van der Waals surface area contributed by atoms with E-state index in [1.165, 1.54) is 29.5 Å². The van der Waals surface area contributed by atoms with Gasteiger partial charge < -0.3 is 5.32 Å². The van der Waals surface area contributed by atoms with E-state index in [2.05, 4.69) is 16.4 Å². The van der Waals surface area contributed by atoms with Crippen molar-refractivity contribution in [2.24, 2.45) is 10.9 Å². The van der Waals surface area contributed by atoms with Crippen LogP contribution in [0.4, 0.5) is 0 Å². The SMILES string of the molecule is C[C@H](N=CC1C(=O)NC(=S)N(CCC2=CCCCC2)C1=O)c1ccccc1. The Hall–Kier alpha value is -2.34. The molecular weight excluding hydrogens is 358 g/mol. The largest absolute Gasteiger partial charge is 0.302 e. The molecule has 6 heteroatoms. The molecule has 1 heterocycles. The minimum Gasteiger partial charge on any atom is -0.302 e. The molecule has 1 aromatic carbocycles. The second kappa shape index (κ2) is 9.04. The Bertz CT molecular complexity index is 773. The Labute approximate surface area is 165 Å². The maximum atomic E-state index is 12.8. The molecule has 0 aromatic heterocycles. The lowest BCUT2D eigenvalue weighted by atomic mass is 9.97. The molecule has 1 saturated heterocycles. The standard InChI is InChI=1S/C21H25N3O2S/c1-15(17-10-6-3-7-11-17)22-14-18-19(25)23-21(27)24(20(18)26)13-12-16-8-4-2-5-9-16/h3,6-8,10-11,14-15,18H,2,4-5,9,12-13H2,1H3,(H,23,25,27)/t15-,18?/m0/s1. The Morgan fingerprint density at radius 3 is 2.78 bits per heavy atom. The zero-order chi connectivity index (χ0) is 19.2. The van der Waals surface area contributed by atoms with E-state index in [1.807, 2.05) is 37.3 Å². The van der Waals surface area contributed by atoms with Crippen LogP contribution in [0.5, 0.6) is 0 Å². The van der Waals surface area contributed by atoms with Crippen LogP contribution in [0.3, 0.4) is 0 Å². The summed E-state index contributed by atoms with van der Waals surface area (Å²) in [5, 5.41) is 2.84. The van der Waals surface area contributed by atoms with Gasteiger partial charge in [-0.25, -0.2) is 0 Å². The van der Waals surface area contributed by atoms with E-state index in [0.29, 0.717) is 6.54 Å². The molecule has 0 bridgehead atoms. The highest BCUT2D eigenvalue weighted by molar-refractivity contribution is 7.80. The summed E-state index contributed by atoms with van der Waals surface area (Å²) >= 11 is 5.22. The topological polar surface area (TPSA) is 61.8 Å². The van der Waals surface area contributed by atoms with Gasteiger partial charge in [0.1, 0.15) is 0 Å². The second-order valence-electron chi connectivity index (χ2n) is 7.00. The summed E-state index contributed by atoms with van der Waals surface area (Å²) in [6.07, 6.45) is 9.15. The number of hydrogen-bond donors (Lipinski definition) is 1. The first kappa shape index (κ1) is 19.4. The van der Waals surface area contributed by atoms with E-state index < -0.39 is 11.8 Å². The lowest BCUT2D eigenvalue weighted by Crippen LogP contribution is -2.58. The van der Waals surface area contributed by atoms with Crippen LogP contribution in [-0.4, -0.2) is 34.6 Å². The van der Waals surface area contributed by atoms with Gasteiger partial charge in [-0.2, -0.15) is 0 Å². The molecule has 1 aromatic rings. The smallest absolute Gasteiger partial charge is 0.246 e. The van der Waals surface area contributed by atoms with Crippen LogP contribution >= 0.6 is 12.2 Å². The number of nitrogens with zero attached hydrogens (tertiary/aromatic N) is 2. The van der Waals surface area contributed by atoms with Crippen molar-refractivity contribution < 1.29 is 9.59 Å². The Morgan fingerprint density at radius 2 is 2.07 bits per heavy atom. The van der Waals surface area contributed by atoms with Gasteiger partial charge in [-0.1, -0.05) is 42.0 Å². The van der Waals surface area contributed by atoms with Gasteiger partial charge >= 0.3 is 0 Å². The summed E-state index contributed by atoms with van der Waals surface area (Å²) < 4.78 is 0. The lowest BCUT2D eigenvalue weighted by molar-refractivity contribution is -0.137. The van der Waals surface area contributed by atoms with Crippen molar-refractivity contribution in [3.8, 4) is 0 Å². The summed E-state index contributed by atoms with van der Waals surface area (Å²) in [5.74, 6) is -1.62. The number of nitrogens with one attached hydrogen (secondary N) is 1. The summed E-state index contributed by atoms with van der Waals surface area (Å²) in [4.78, 5) is 31.1. The number of amides is 2. The van der Waals surface area contributed by atoms with Crippen molar-refractivity contribution >= 4 is 35.4 Å². The van der Waals surface area contributed by atoms with Gasteiger partial charge in [0.05, 0.1) is 6.04 Å². The fraction of sp³-hybridized carbons (Fsp3) is 0.429. The number of rotatable bonds is 6. The van der Waals surface area contributed by atoms with Crippen molar-refractivity contribution in [2.75, 3.05) is 6.54 Å². The molecule has 0 saturated carbocycles. The molecule has 2 aliphatic rings. The van der Waals surface area contributed by atoms with E-state index in [0.717, 1.165) is 24.8 Å². The summed E-state index contributed by atoms with van der Waals surface area (Å²) in [6, 6.07) is 9.66. The molecule has 1 fully saturated rings. The quantitative estimate of drug-likeness (QED) is 0.354. The van der Waals surface area contributed by atoms with Crippen LogP contribution < -0.4 is 5.32 Å². The molecule has 1 aliphatic carbocycles. The molecular formula is C21H25N3O2S. The summed E-state index contributed by atoms with van der Waals surface area (Å²) in [5.41, 5.74) is 2.41. The van der Waals surface area contributed by atoms with E-state index >= 15 is 0 Å². The number of benzene rings is 1. The molecule has 1 unspecified atom stereocenters. The third-order valence-corrected chi connectivity index (χ3v) is 5.39. The fourth-order valence-corrected chi connectivity index (χ4v) is 3.68. The van der Waals surface area contributed by atoms with Gasteiger partial charge in [-0.05, 0) is 56.8 Å². The highest BCUT2D eigenvalue weighted by atomic mass is 32.1. The summed E-state index contributed by atoms with van der Waals surface area (Å²) in [6.45, 7) is 2.44. The number of thiocarbonyl (C=S) groups is 1. The minimum absolute atomic E-state index is 0.124. The number of carbonyl (C=O) groups is 2. The van der Waals surface area contributed by atoms with Crippen molar-refractivity contribution in [1.29, 1.82) is 0 Å². The zero-order valence-electron chi connectivity index (χ0n) is 15.6. The van der Waals surface area contributed by atoms with Gasteiger partial charge in [-0.15, -0.1) is 0 Å². The highest BCUT2D eigenvalue weighted by Gasteiger charge is 2.37. The predicted molar refractivity (Wildman–Crippen MR) is 110 cm³/mol. The van der Waals surface area contributed by atoms with Crippen molar-refractivity contribution in [2.45, 2.75) is 45.1 Å². The number of carbonyl (C=O) groups excluding carboxylic acids is 2. The molecule has 0 spiro atoms. The Balaban J connectivity index is 1.66. The van der Waals surface area contributed by atoms with Gasteiger partial charge in [0.25, 0.3) is 0 Å². The van der Waals surface area contributed by atoms with Crippen LogP contribution in [0, 0.1) is 5.92 Å². The number of allylic oxidation sites excluding steroid dienone is 1. The molecule has 142 valence electrons. The molecule has 2 atom stereocenters. The zero-order valence-corrected chi connectivity index (χ0v) is 16.4. The van der Waals surface area contributed by atoms with Crippen molar-refractivity contribution in [3.63, 3.8) is 0 Å². The molecule has 1 aliphatic heterocycles. The Kier molecular flexibility index (Phi) is 6.50. The molecule has 0 radical (unpaired) electrons. The maximum absolute atomic E-state index is 12.8. The maximum Gasteiger partial charge on any atom is 0.246 e. The van der Waals surface area contributed by atoms with E-state index in [9.17, 15) is 9.59 Å². The monoisotopic (exact) mass is 383 g/mol. The molecule has 3 rings (SSSR count). The minimum atomic E-state index is -0.928. The van der Waals surface area contributed by atoms with Crippen LogP contribution in [0.1, 0.15) is 50.6 Å². The first-order valence-corrected chi connectivity index (χ1v) is 9.89. The lowest BCUT2D eigenvalue weighted by Gasteiger charge is -2.31. The predicted octanol–water partition coefficient (Wildman–Crippen LogP) is 3.57. The molecule has 27 heavy (non-hydrogen) atoms. The van der Waals surface area contributed by atoms with Crippen LogP contribution in [0.15, 0.2) is 47.0 Å². The van der Waals surface area contributed by atoms with Crippen LogP contribution in [-0.2, 0) is 9.59 Å². The van der Waals surface area contributed by atoms with Gasteiger partial charge in [0.15, 0.2) is 11.0 Å². The molecule has 1 N–H and O–H groups in total. The number of hydrogen-bond acceptors (Lipinski definition) is 4. The average molecular weight is 384 g/mol. The third-order valence-electron chi connectivity index (χ3n) is 5.07. The first-order valence-electron chi connectivity index (χ1n) is 9.48.